The molecule has 28 nitrogen and oxygen atoms in total. The minimum atomic E-state index is -4.41. The van der Waals surface area contributed by atoms with Gasteiger partial charge in [-0.2, -0.15) is 9.13 Å². The van der Waals surface area contributed by atoms with Crippen LogP contribution >= 0.6 is 0 Å². The van der Waals surface area contributed by atoms with Crippen molar-refractivity contribution in [3.8, 4) is 45.8 Å². The molecule has 8 bridgehead atoms. The first-order valence-electron chi connectivity index (χ1n) is 18.4. The molecule has 0 saturated heterocycles. The molecule has 0 fully saturated rings. The maximum Gasteiger partial charge on any atom is 2.00 e. The van der Waals surface area contributed by atoms with Crippen molar-refractivity contribution in [2.45, 2.75) is 0 Å². The molecule has 0 aliphatic carbocycles. The van der Waals surface area contributed by atoms with E-state index in [1.165, 1.54) is 0 Å². The average Bonchev–Trinajstić information content (AvgIpc) is 4.00. The quantitative estimate of drug-likeness (QED) is 0.0780. The third-order valence-electron chi connectivity index (χ3n) is 9.04. The second-order valence-electron chi connectivity index (χ2n) is 13.3. The molecule has 69 heavy (non-hydrogen) atoms. The van der Waals surface area contributed by atoms with E-state index in [9.17, 15) is 51.9 Å². The van der Waals surface area contributed by atoms with Crippen molar-refractivity contribution in [3.63, 3.8) is 0 Å². The predicted molar refractivity (Wildman–Crippen MR) is 226 cm³/mol. The molecule has 0 aromatic carbocycles. The molecule has 0 atom stereocenters. The van der Waals surface area contributed by atoms with Gasteiger partial charge in [-0.25, -0.2) is 52.8 Å². The summed E-state index contributed by atoms with van der Waals surface area (Å²) in [5.74, 6) is 2.08. The molecule has 33 heteroatoms. The van der Waals surface area contributed by atoms with Crippen molar-refractivity contribution in [1.29, 1.82) is 0 Å². The van der Waals surface area contributed by atoms with Gasteiger partial charge in [-0.15, -0.1) is 0 Å². The summed E-state index contributed by atoms with van der Waals surface area (Å²) < 4.78 is 132. The Hall–Kier alpha value is -6.04. The number of pyridine rings is 4. The molecule has 0 amide bonds. The van der Waals surface area contributed by atoms with Gasteiger partial charge < -0.3 is 48.1 Å². The van der Waals surface area contributed by atoms with Crippen LogP contribution in [0.25, 0.3) is 90.2 Å². The molecule has 371 valence electrons. The number of rotatable bonds is 4. The summed E-state index contributed by atoms with van der Waals surface area (Å²) in [5.41, 5.74) is 7.17. The van der Waals surface area contributed by atoms with E-state index in [0.29, 0.717) is 45.9 Å². The molecule has 1 radical (unpaired) electrons. The number of nitrogens with zero attached hydrogens (tertiary/aromatic N) is 12. The van der Waals surface area contributed by atoms with Gasteiger partial charge in [-0.3, -0.25) is 16.7 Å². The Morgan fingerprint density at radius 3 is 0.971 bits per heavy atom. The normalized spacial score (nSPS) is 11.8. The number of hydrogen-bond acceptors (Lipinski definition) is 22. The zero-order valence-corrected chi connectivity index (χ0v) is 41.0. The summed E-state index contributed by atoms with van der Waals surface area (Å²) >= 11 is 0. The van der Waals surface area contributed by atoms with Crippen molar-refractivity contribution in [2.24, 2.45) is 28.2 Å². The SMILES string of the molecule is COS(=O)(=O)[O-].COS(=O)(=O)[O-].COS(=O)(=O)[O-].COS(=O)(=O)[O-].C[n+]1cccc2c1-c1nc-2nc2[n-]c(nc3nc(nc4[n-]c(n1)c1ccc[n+](C)c41)-c1ccc[n+](C)c1-3)c1ccc[n+](C)c21.[Cu+2]. The summed E-state index contributed by atoms with van der Waals surface area (Å²) in [6, 6.07) is 15.9. The minimum absolute atomic E-state index is 0. The van der Waals surface area contributed by atoms with Crippen molar-refractivity contribution >= 4 is 86.0 Å². The Kier molecular flexibility index (Phi) is 17.8. The fourth-order valence-electron chi connectivity index (χ4n) is 6.19. The molecule has 2 aliphatic rings. The summed E-state index contributed by atoms with van der Waals surface area (Å²) in [6.07, 6.45) is 7.90. The number of hydrogen-bond donors (Lipinski definition) is 0. The minimum Gasteiger partial charge on any atom is -0.726 e. The van der Waals surface area contributed by atoms with Crippen LogP contribution in [0.1, 0.15) is 0 Å². The summed E-state index contributed by atoms with van der Waals surface area (Å²) in [4.78, 5) is 40.0. The van der Waals surface area contributed by atoms with Crippen LogP contribution in [-0.2, 0) is 104 Å². The van der Waals surface area contributed by atoms with E-state index >= 15 is 0 Å². The molecule has 9 rings (SSSR count). The topological polar surface area (TPSA) is 387 Å². The van der Waals surface area contributed by atoms with E-state index in [4.69, 9.17) is 39.9 Å². The van der Waals surface area contributed by atoms with E-state index in [1.54, 1.807) is 0 Å². The van der Waals surface area contributed by atoms with Crippen LogP contribution in [0.2, 0.25) is 0 Å². The second kappa shape index (κ2) is 22.1. The molecular formula is C36H36CuN12O16S4. The van der Waals surface area contributed by atoms with Gasteiger partial charge in [0.15, 0.2) is 36.4 Å². The molecule has 0 spiro atoms. The Bertz CT molecular complexity index is 3410. The fraction of sp³-hybridized carbons (Fsp3) is 0.222. The average molecular weight is 1080 g/mol. The van der Waals surface area contributed by atoms with Crippen LogP contribution in [-0.4, -0.2) is 110 Å². The van der Waals surface area contributed by atoms with Gasteiger partial charge >= 0.3 is 17.1 Å². The Morgan fingerprint density at radius 2 is 0.681 bits per heavy atom. The molecule has 7 aromatic rings. The summed E-state index contributed by atoms with van der Waals surface area (Å²) in [7, 11) is -6.51. The van der Waals surface area contributed by atoms with Gasteiger partial charge in [0, 0.05) is 35.6 Å². The van der Waals surface area contributed by atoms with Crippen LogP contribution in [0.15, 0.2) is 73.3 Å². The zero-order chi connectivity index (χ0) is 50.5. The van der Waals surface area contributed by atoms with Crippen LogP contribution in [0.3, 0.4) is 0 Å². The fourth-order valence-corrected chi connectivity index (χ4v) is 6.19. The Balaban J connectivity index is 0.000000345. The largest absolute Gasteiger partial charge is 2.00 e. The summed E-state index contributed by atoms with van der Waals surface area (Å²) in [5, 5.41) is 1.72. The van der Waals surface area contributed by atoms with E-state index in [1.807, 2.05) is 120 Å². The van der Waals surface area contributed by atoms with Gasteiger partial charge in [0.25, 0.3) is 0 Å². The second-order valence-corrected chi connectivity index (χ2v) is 17.9. The van der Waals surface area contributed by atoms with E-state index in [0.717, 1.165) is 72.8 Å². The number of aromatic nitrogens is 12. The molecule has 0 unspecified atom stereocenters. The molecular weight excluding hydrogens is 1050 g/mol. The van der Waals surface area contributed by atoms with Crippen LogP contribution < -0.4 is 28.2 Å². The van der Waals surface area contributed by atoms with Gasteiger partial charge in [0.1, 0.15) is 28.2 Å². The standard InChI is InChI=1S/C32H24N12.4CH4O4S.Cu/c1-41-13-5-9-17-21(41)29-33-25(17)38-30-23-19(11-7-15-43(23)3)27(35-30)40-32-24-20(12-8-16-44(24)4)28(36-32)39-31-22-18(26(34-31)37-29)10-6-14-42(22)2;4*1-5-6(2,3)4;/h5-16H,1-4H3;4*1H3,(H,2,3,4);/q+2;;;;;+2/p-4. The maximum absolute atomic E-state index is 9.22. The Labute approximate surface area is 403 Å². The monoisotopic (exact) mass is 1080 g/mol. The third-order valence-corrected chi connectivity index (χ3v) is 10.7. The van der Waals surface area contributed by atoms with Gasteiger partial charge in [0.2, 0.25) is 64.0 Å². The van der Waals surface area contributed by atoms with E-state index in [2.05, 4.69) is 16.7 Å². The van der Waals surface area contributed by atoms with Crippen LogP contribution in [0, 0.1) is 0 Å². The smallest absolute Gasteiger partial charge is 0.726 e. The number of aryl methyl sites for hydroxylation is 4. The molecule has 0 N–H and O–H groups in total. The Morgan fingerprint density at radius 1 is 0.420 bits per heavy atom. The maximum atomic E-state index is 9.22. The van der Waals surface area contributed by atoms with Crippen molar-refractivity contribution in [1.82, 2.24) is 39.9 Å². The molecule has 0 saturated carbocycles. The molecule has 2 aliphatic heterocycles. The summed E-state index contributed by atoms with van der Waals surface area (Å²) in [6.45, 7) is 0. The van der Waals surface area contributed by atoms with Gasteiger partial charge in [-0.05, 0) is 24.3 Å². The first-order chi connectivity index (χ1) is 31.7. The predicted octanol–water partition coefficient (Wildman–Crippen LogP) is -2.21. The van der Waals surface area contributed by atoms with E-state index < -0.39 is 41.6 Å². The number of fused-ring (bicyclic) bond motifs is 20. The van der Waals surface area contributed by atoms with Crippen LogP contribution in [0.4, 0.5) is 0 Å². The van der Waals surface area contributed by atoms with Crippen molar-refractivity contribution in [2.75, 3.05) is 28.4 Å². The first-order valence-corrected chi connectivity index (χ1v) is 23.7. The van der Waals surface area contributed by atoms with Gasteiger partial charge in [-0.1, -0.05) is 0 Å². The molecule has 9 heterocycles. The van der Waals surface area contributed by atoms with Crippen molar-refractivity contribution in [3.05, 3.63) is 73.3 Å². The zero-order valence-electron chi connectivity index (χ0n) is 36.8. The van der Waals surface area contributed by atoms with Gasteiger partial charge in [0.05, 0.1) is 73.3 Å². The van der Waals surface area contributed by atoms with E-state index in [-0.39, 0.29) is 17.1 Å². The molecule has 7 aromatic heterocycles. The van der Waals surface area contributed by atoms with Crippen molar-refractivity contribution < 1.29 is 104 Å². The van der Waals surface area contributed by atoms with Crippen LogP contribution in [0.5, 0.6) is 0 Å². The first kappa shape index (κ1) is 55.6. The third kappa shape index (κ3) is 14.0.